The Morgan fingerprint density at radius 1 is 1.58 bits per heavy atom. The molecule has 0 aliphatic carbocycles. The molecule has 0 aliphatic rings. The molecule has 0 radical (unpaired) electrons. The molecule has 0 heterocycles. The van der Waals surface area contributed by atoms with E-state index in [0.29, 0.717) is 12.5 Å². The van der Waals surface area contributed by atoms with Crippen LogP contribution in [0.3, 0.4) is 0 Å². The van der Waals surface area contributed by atoms with Crippen LogP contribution in [0.5, 0.6) is 0 Å². The molecule has 0 aliphatic heterocycles. The fourth-order valence-corrected chi connectivity index (χ4v) is 4.06. The van der Waals surface area contributed by atoms with Gasteiger partial charge in [-0.05, 0) is 19.1 Å². The van der Waals surface area contributed by atoms with Gasteiger partial charge in [0.25, 0.3) is 0 Å². The Morgan fingerprint density at radius 3 is 2.42 bits per heavy atom. The molecule has 0 amide bonds. The van der Waals surface area contributed by atoms with Crippen LogP contribution in [-0.2, 0) is 14.3 Å². The Morgan fingerprint density at radius 2 is 2.08 bits per heavy atom. The van der Waals surface area contributed by atoms with Crippen molar-refractivity contribution in [3.63, 3.8) is 0 Å². The van der Waals surface area contributed by atoms with Crippen LogP contribution in [0.1, 0.15) is 6.42 Å². The zero-order chi connectivity index (χ0) is 9.83. The van der Waals surface area contributed by atoms with E-state index in [1.165, 1.54) is 0 Å². The SMILES string of the molecule is C#CCC[Si](C)(C)OS(=O)(=O)O. The standard InChI is InChI=1S/C6H12O4SSi/c1-4-5-6-12(2,3)10-11(7,8)9/h1H,5-6H2,2-3H3,(H,7,8,9). The second kappa shape index (κ2) is 4.05. The van der Waals surface area contributed by atoms with E-state index in [1.54, 1.807) is 13.1 Å². The van der Waals surface area contributed by atoms with E-state index in [-0.39, 0.29) is 0 Å². The Bertz CT molecular complexity index is 274. The Labute approximate surface area is 74.0 Å². The lowest BCUT2D eigenvalue weighted by Gasteiger charge is -2.18. The molecule has 0 saturated carbocycles. The maximum absolute atomic E-state index is 10.3. The van der Waals surface area contributed by atoms with Gasteiger partial charge in [-0.1, -0.05) is 0 Å². The van der Waals surface area contributed by atoms with Crippen molar-refractivity contribution in [3.8, 4) is 12.3 Å². The van der Waals surface area contributed by atoms with Crippen molar-refractivity contribution in [1.29, 1.82) is 0 Å². The predicted octanol–water partition coefficient (Wildman–Crippen LogP) is 1.03. The first-order valence-corrected chi connectivity index (χ1v) is 7.86. The molecule has 0 aromatic rings. The van der Waals surface area contributed by atoms with Gasteiger partial charge in [0, 0.05) is 6.42 Å². The molecular formula is C6H12O4SSi. The Hall–Kier alpha value is -0.353. The summed E-state index contributed by atoms with van der Waals surface area (Å²) < 4.78 is 33.5. The van der Waals surface area contributed by atoms with Crippen molar-refractivity contribution < 1.29 is 16.8 Å². The first-order chi connectivity index (χ1) is 5.27. The Balaban J connectivity index is 4.16. The minimum atomic E-state index is -4.32. The van der Waals surface area contributed by atoms with Crippen molar-refractivity contribution >= 4 is 18.7 Å². The van der Waals surface area contributed by atoms with Crippen LogP contribution in [-0.4, -0.2) is 21.3 Å². The molecule has 70 valence electrons. The molecule has 0 unspecified atom stereocenters. The first-order valence-electron chi connectivity index (χ1n) is 3.38. The van der Waals surface area contributed by atoms with Gasteiger partial charge < -0.3 is 0 Å². The van der Waals surface area contributed by atoms with Crippen LogP contribution in [0, 0.1) is 12.3 Å². The molecule has 0 bridgehead atoms. The lowest BCUT2D eigenvalue weighted by Crippen LogP contribution is -2.32. The highest BCUT2D eigenvalue weighted by atomic mass is 32.3. The Kier molecular flexibility index (Phi) is 3.93. The molecule has 0 saturated heterocycles. The van der Waals surface area contributed by atoms with Crippen molar-refractivity contribution in [1.82, 2.24) is 0 Å². The second-order valence-corrected chi connectivity index (χ2v) is 8.52. The number of terminal acetylenes is 1. The molecule has 1 N–H and O–H groups in total. The van der Waals surface area contributed by atoms with Gasteiger partial charge in [-0.3, -0.25) is 8.42 Å². The molecule has 0 rings (SSSR count). The summed E-state index contributed by atoms with van der Waals surface area (Å²) in [6.07, 6.45) is 5.47. The molecule has 4 nitrogen and oxygen atoms in total. The van der Waals surface area contributed by atoms with Crippen molar-refractivity contribution in [2.75, 3.05) is 0 Å². The topological polar surface area (TPSA) is 63.6 Å². The monoisotopic (exact) mass is 208 g/mol. The predicted molar refractivity (Wildman–Crippen MR) is 48.4 cm³/mol. The summed E-state index contributed by atoms with van der Waals surface area (Å²) >= 11 is 0. The minimum Gasteiger partial charge on any atom is -0.294 e. The third kappa shape index (κ3) is 6.36. The molecular weight excluding hydrogens is 196 g/mol. The third-order valence-electron chi connectivity index (χ3n) is 1.20. The largest absolute Gasteiger partial charge is 0.387 e. The van der Waals surface area contributed by atoms with Crippen LogP contribution < -0.4 is 0 Å². The number of rotatable bonds is 4. The average molecular weight is 208 g/mol. The molecule has 12 heavy (non-hydrogen) atoms. The number of hydrogen-bond donors (Lipinski definition) is 1. The smallest absolute Gasteiger partial charge is 0.294 e. The second-order valence-electron chi connectivity index (χ2n) is 2.97. The van der Waals surface area contributed by atoms with Crippen LogP contribution >= 0.6 is 0 Å². The number of hydrogen-bond acceptors (Lipinski definition) is 3. The zero-order valence-corrected chi connectivity index (χ0v) is 8.89. The van der Waals surface area contributed by atoms with Crippen molar-refractivity contribution in [2.45, 2.75) is 25.6 Å². The summed E-state index contributed by atoms with van der Waals surface area (Å²) in [4.78, 5) is 0. The van der Waals surface area contributed by atoms with E-state index < -0.39 is 18.7 Å². The molecule has 0 aromatic heterocycles. The fraction of sp³-hybridized carbons (Fsp3) is 0.667. The quantitative estimate of drug-likeness (QED) is 0.426. The van der Waals surface area contributed by atoms with Gasteiger partial charge in [0.1, 0.15) is 0 Å². The van der Waals surface area contributed by atoms with Gasteiger partial charge >= 0.3 is 10.4 Å². The highest BCUT2D eigenvalue weighted by molar-refractivity contribution is 7.82. The van der Waals surface area contributed by atoms with E-state index in [9.17, 15) is 8.42 Å². The van der Waals surface area contributed by atoms with Crippen LogP contribution in [0.4, 0.5) is 0 Å². The molecule has 6 heteroatoms. The van der Waals surface area contributed by atoms with E-state index >= 15 is 0 Å². The van der Waals surface area contributed by atoms with E-state index in [4.69, 9.17) is 11.0 Å². The summed E-state index contributed by atoms with van der Waals surface area (Å²) in [5.74, 6) is 2.39. The van der Waals surface area contributed by atoms with Gasteiger partial charge in [0.05, 0.1) is 0 Å². The van der Waals surface area contributed by atoms with Crippen LogP contribution in [0.15, 0.2) is 0 Å². The summed E-state index contributed by atoms with van der Waals surface area (Å²) in [6.45, 7) is 3.36. The van der Waals surface area contributed by atoms with Gasteiger partial charge in [0.15, 0.2) is 0 Å². The molecule has 0 atom stereocenters. The highest BCUT2D eigenvalue weighted by Crippen LogP contribution is 2.15. The summed E-state index contributed by atoms with van der Waals surface area (Å²) in [5, 5.41) is 0. The average Bonchev–Trinajstić information content (AvgIpc) is 1.78. The van der Waals surface area contributed by atoms with Gasteiger partial charge in [-0.2, -0.15) is 8.42 Å². The molecule has 0 fully saturated rings. The first kappa shape index (κ1) is 11.6. The minimum absolute atomic E-state index is 0.467. The molecule has 0 spiro atoms. The maximum atomic E-state index is 10.3. The van der Waals surface area contributed by atoms with Crippen molar-refractivity contribution in [2.24, 2.45) is 0 Å². The normalized spacial score (nSPS) is 12.5. The van der Waals surface area contributed by atoms with Crippen LogP contribution in [0.2, 0.25) is 19.1 Å². The van der Waals surface area contributed by atoms with Gasteiger partial charge in [-0.15, -0.1) is 12.3 Å². The van der Waals surface area contributed by atoms with E-state index in [0.717, 1.165) is 0 Å². The maximum Gasteiger partial charge on any atom is 0.387 e. The van der Waals surface area contributed by atoms with E-state index in [2.05, 4.69) is 9.79 Å². The lowest BCUT2D eigenvalue weighted by molar-refractivity contribution is 0.383. The third-order valence-corrected chi connectivity index (χ3v) is 5.30. The summed E-state index contributed by atoms with van der Waals surface area (Å²) in [5.41, 5.74) is 0. The fourth-order valence-electron chi connectivity index (χ4n) is 0.700. The van der Waals surface area contributed by atoms with Gasteiger partial charge in [-0.25, -0.2) is 0 Å². The van der Waals surface area contributed by atoms with Crippen molar-refractivity contribution in [3.05, 3.63) is 0 Å². The van der Waals surface area contributed by atoms with E-state index in [1.807, 2.05) is 0 Å². The van der Waals surface area contributed by atoms with Gasteiger partial charge in [0.2, 0.25) is 8.32 Å². The highest BCUT2D eigenvalue weighted by Gasteiger charge is 2.27. The lowest BCUT2D eigenvalue weighted by atomic mass is 10.5. The summed E-state index contributed by atoms with van der Waals surface area (Å²) in [6, 6.07) is 0.517. The van der Waals surface area contributed by atoms with Crippen LogP contribution in [0.25, 0.3) is 0 Å². The molecule has 0 aromatic carbocycles. The summed E-state index contributed by atoms with van der Waals surface area (Å²) in [7, 11) is -6.66. The zero-order valence-electron chi connectivity index (χ0n) is 7.07.